The molecular formula is C15H16N4O2. The van der Waals surface area contributed by atoms with Crippen LogP contribution in [0.15, 0.2) is 42.6 Å². The number of anilines is 1. The number of aryl methyl sites for hydroxylation is 1. The van der Waals surface area contributed by atoms with Crippen molar-refractivity contribution in [1.29, 1.82) is 5.26 Å². The van der Waals surface area contributed by atoms with E-state index in [4.69, 9.17) is 10.00 Å². The van der Waals surface area contributed by atoms with Crippen LogP contribution in [-0.4, -0.2) is 15.9 Å². The summed E-state index contributed by atoms with van der Waals surface area (Å²) in [5.74, 6) is 0.435. The minimum atomic E-state index is -0.541. The maximum Gasteiger partial charge on any atom is 0.413 e. The molecule has 2 rings (SSSR count). The molecule has 1 N–H and O–H groups in total. The lowest BCUT2D eigenvalue weighted by molar-refractivity contribution is 0.155. The average Bonchev–Trinajstić information content (AvgIpc) is 2.94. The van der Waals surface area contributed by atoms with Gasteiger partial charge in [0.1, 0.15) is 6.61 Å². The first-order valence-electron chi connectivity index (χ1n) is 6.66. The number of hydrogen-bond donors (Lipinski definition) is 1. The summed E-state index contributed by atoms with van der Waals surface area (Å²) >= 11 is 0. The third-order valence-corrected chi connectivity index (χ3v) is 2.76. The van der Waals surface area contributed by atoms with Crippen LogP contribution in [0.25, 0.3) is 0 Å². The summed E-state index contributed by atoms with van der Waals surface area (Å²) < 4.78 is 6.78. The van der Waals surface area contributed by atoms with Crippen LogP contribution in [0.1, 0.15) is 18.4 Å². The zero-order valence-corrected chi connectivity index (χ0v) is 11.5. The first kappa shape index (κ1) is 14.6. The van der Waals surface area contributed by atoms with Gasteiger partial charge in [-0.25, -0.2) is 4.79 Å². The molecule has 1 aromatic carbocycles. The van der Waals surface area contributed by atoms with Crippen molar-refractivity contribution in [2.24, 2.45) is 0 Å². The lowest BCUT2D eigenvalue weighted by Gasteiger charge is -2.05. The summed E-state index contributed by atoms with van der Waals surface area (Å²) in [6.07, 6.45) is 2.43. The number of aromatic nitrogens is 2. The summed E-state index contributed by atoms with van der Waals surface area (Å²) in [7, 11) is 0. The van der Waals surface area contributed by atoms with Gasteiger partial charge in [-0.05, 0) is 12.0 Å². The molecular weight excluding hydrogens is 268 g/mol. The van der Waals surface area contributed by atoms with Gasteiger partial charge in [0.15, 0.2) is 5.82 Å². The van der Waals surface area contributed by atoms with Crippen LogP contribution in [0.2, 0.25) is 0 Å². The van der Waals surface area contributed by atoms with Gasteiger partial charge >= 0.3 is 6.09 Å². The van der Waals surface area contributed by atoms with E-state index in [1.54, 1.807) is 16.9 Å². The predicted octanol–water partition coefficient (Wildman–Crippen LogP) is 2.94. The summed E-state index contributed by atoms with van der Waals surface area (Å²) in [6, 6.07) is 13.2. The number of unbranched alkanes of at least 4 members (excludes halogenated alkanes) is 1. The van der Waals surface area contributed by atoms with Crippen molar-refractivity contribution in [3.63, 3.8) is 0 Å². The molecule has 2 aromatic rings. The number of nitriles is 1. The molecule has 0 saturated heterocycles. The normalized spacial score (nSPS) is 9.86. The molecule has 6 nitrogen and oxygen atoms in total. The Bertz CT molecular complexity index is 616. The fourth-order valence-corrected chi connectivity index (χ4v) is 1.74. The van der Waals surface area contributed by atoms with Crippen LogP contribution in [0, 0.1) is 11.3 Å². The Hall–Kier alpha value is -2.81. The second-order valence-corrected chi connectivity index (χ2v) is 4.41. The van der Waals surface area contributed by atoms with E-state index in [1.165, 1.54) is 0 Å². The number of carbonyl (C=O) groups excluding carboxylic acids is 1. The number of benzene rings is 1. The van der Waals surface area contributed by atoms with Gasteiger partial charge in [0.25, 0.3) is 0 Å². The number of amides is 1. The van der Waals surface area contributed by atoms with Crippen molar-refractivity contribution in [2.45, 2.75) is 26.0 Å². The van der Waals surface area contributed by atoms with Crippen LogP contribution < -0.4 is 5.32 Å². The molecule has 6 heteroatoms. The second-order valence-electron chi connectivity index (χ2n) is 4.41. The highest BCUT2D eigenvalue weighted by molar-refractivity contribution is 5.83. The highest BCUT2D eigenvalue weighted by atomic mass is 16.5. The van der Waals surface area contributed by atoms with Gasteiger partial charge in [-0.1, -0.05) is 30.3 Å². The lowest BCUT2D eigenvalue weighted by atomic mass is 10.2. The summed E-state index contributed by atoms with van der Waals surface area (Å²) in [5, 5.41) is 15.2. The largest absolute Gasteiger partial charge is 0.444 e. The standard InChI is InChI=1S/C15H16N4O2/c16-9-4-5-10-19-11-8-14(18-19)17-15(20)21-12-13-6-2-1-3-7-13/h1-3,6-8,11H,4-5,10,12H2,(H,17,18,20). The zero-order valence-electron chi connectivity index (χ0n) is 11.5. The summed E-state index contributed by atoms with van der Waals surface area (Å²) in [4.78, 5) is 11.6. The zero-order chi connectivity index (χ0) is 14.9. The minimum Gasteiger partial charge on any atom is -0.444 e. The van der Waals surface area contributed by atoms with Crippen molar-refractivity contribution >= 4 is 11.9 Å². The Balaban J connectivity index is 1.76. The van der Waals surface area contributed by atoms with Crippen LogP contribution in [0.3, 0.4) is 0 Å². The third-order valence-electron chi connectivity index (χ3n) is 2.76. The molecule has 0 atom stereocenters. The first-order valence-corrected chi connectivity index (χ1v) is 6.66. The minimum absolute atomic E-state index is 0.218. The molecule has 108 valence electrons. The highest BCUT2D eigenvalue weighted by Crippen LogP contribution is 2.06. The van der Waals surface area contributed by atoms with Crippen molar-refractivity contribution in [3.05, 3.63) is 48.2 Å². The Kier molecular flexibility index (Phi) is 5.35. The van der Waals surface area contributed by atoms with Gasteiger partial charge in [0.2, 0.25) is 0 Å². The number of nitrogens with one attached hydrogen (secondary N) is 1. The van der Waals surface area contributed by atoms with E-state index in [-0.39, 0.29) is 6.61 Å². The van der Waals surface area contributed by atoms with E-state index in [9.17, 15) is 4.79 Å². The van der Waals surface area contributed by atoms with E-state index < -0.39 is 6.09 Å². The fourth-order valence-electron chi connectivity index (χ4n) is 1.74. The molecule has 0 radical (unpaired) electrons. The van der Waals surface area contributed by atoms with E-state index in [0.29, 0.717) is 18.8 Å². The van der Waals surface area contributed by atoms with Crippen LogP contribution in [-0.2, 0) is 17.9 Å². The van der Waals surface area contributed by atoms with Crippen molar-refractivity contribution < 1.29 is 9.53 Å². The van der Waals surface area contributed by atoms with Crippen molar-refractivity contribution in [2.75, 3.05) is 5.32 Å². The van der Waals surface area contributed by atoms with E-state index >= 15 is 0 Å². The number of nitrogens with zero attached hydrogens (tertiary/aromatic N) is 3. The van der Waals surface area contributed by atoms with Gasteiger partial charge in [0, 0.05) is 25.2 Å². The molecule has 0 bridgehead atoms. The van der Waals surface area contributed by atoms with E-state index in [0.717, 1.165) is 12.0 Å². The molecule has 1 heterocycles. The molecule has 0 unspecified atom stereocenters. The molecule has 0 aliphatic heterocycles. The Labute approximate surface area is 123 Å². The molecule has 21 heavy (non-hydrogen) atoms. The highest BCUT2D eigenvalue weighted by Gasteiger charge is 2.06. The molecule has 0 saturated carbocycles. The molecule has 0 spiro atoms. The van der Waals surface area contributed by atoms with Crippen molar-refractivity contribution in [3.8, 4) is 6.07 Å². The summed E-state index contributed by atoms with van der Waals surface area (Å²) in [5.41, 5.74) is 0.926. The van der Waals surface area contributed by atoms with Crippen LogP contribution in [0.5, 0.6) is 0 Å². The Morgan fingerprint density at radius 2 is 2.14 bits per heavy atom. The lowest BCUT2D eigenvalue weighted by Crippen LogP contribution is -2.14. The Morgan fingerprint density at radius 3 is 2.90 bits per heavy atom. The van der Waals surface area contributed by atoms with Gasteiger partial charge in [0.05, 0.1) is 6.07 Å². The number of rotatable bonds is 6. The van der Waals surface area contributed by atoms with Crippen LogP contribution in [0.4, 0.5) is 10.6 Å². The first-order chi connectivity index (χ1) is 10.3. The van der Waals surface area contributed by atoms with Gasteiger partial charge < -0.3 is 4.74 Å². The van der Waals surface area contributed by atoms with Gasteiger partial charge in [-0.2, -0.15) is 10.4 Å². The quantitative estimate of drug-likeness (QED) is 0.827. The maximum atomic E-state index is 11.6. The van der Waals surface area contributed by atoms with E-state index in [1.807, 2.05) is 30.3 Å². The second kappa shape index (κ2) is 7.70. The maximum absolute atomic E-state index is 11.6. The Morgan fingerprint density at radius 1 is 1.33 bits per heavy atom. The fraction of sp³-hybridized carbons (Fsp3) is 0.267. The topological polar surface area (TPSA) is 79.9 Å². The number of ether oxygens (including phenoxy) is 1. The SMILES string of the molecule is N#CCCCn1ccc(NC(=O)OCc2ccccc2)n1. The monoisotopic (exact) mass is 284 g/mol. The molecule has 0 fully saturated rings. The smallest absolute Gasteiger partial charge is 0.413 e. The predicted molar refractivity (Wildman–Crippen MR) is 77.3 cm³/mol. The molecule has 0 aliphatic rings. The molecule has 0 aliphatic carbocycles. The number of carbonyl (C=O) groups is 1. The number of hydrogen-bond acceptors (Lipinski definition) is 4. The third kappa shape index (κ3) is 4.99. The molecule has 1 amide bonds. The van der Waals surface area contributed by atoms with Crippen LogP contribution >= 0.6 is 0 Å². The van der Waals surface area contributed by atoms with E-state index in [2.05, 4.69) is 16.5 Å². The van der Waals surface area contributed by atoms with Gasteiger partial charge in [-0.3, -0.25) is 10.00 Å². The van der Waals surface area contributed by atoms with Gasteiger partial charge in [-0.15, -0.1) is 0 Å². The molecule has 1 aromatic heterocycles. The summed E-state index contributed by atoms with van der Waals surface area (Å²) in [6.45, 7) is 0.865. The van der Waals surface area contributed by atoms with Crippen molar-refractivity contribution in [1.82, 2.24) is 9.78 Å². The average molecular weight is 284 g/mol.